The Morgan fingerprint density at radius 2 is 2.50 bits per heavy atom. The molecule has 1 atom stereocenters. The zero-order valence-electron chi connectivity index (χ0n) is 6.17. The number of imidazole rings is 1. The van der Waals surface area contributed by atoms with E-state index in [4.69, 9.17) is 10.8 Å². The van der Waals surface area contributed by atoms with Gasteiger partial charge in [-0.15, -0.1) is 0 Å². The van der Waals surface area contributed by atoms with Gasteiger partial charge < -0.3 is 15.8 Å². The smallest absolute Gasteiger partial charge is 0.320 e. The van der Waals surface area contributed by atoms with Crippen molar-refractivity contribution in [2.75, 3.05) is 0 Å². The van der Waals surface area contributed by atoms with E-state index in [0.717, 1.165) is 0 Å². The van der Waals surface area contributed by atoms with E-state index in [-0.39, 0.29) is 23.5 Å². The quantitative estimate of drug-likeness (QED) is 0.580. The Hall–Kier alpha value is -0.841. The number of rotatable bonds is 3. The van der Waals surface area contributed by atoms with Crippen molar-refractivity contribution in [1.29, 1.82) is 0 Å². The number of carboxylic acids is 1. The predicted molar refractivity (Wildman–Crippen MR) is 37.9 cm³/mol. The molecule has 1 heterocycles. The normalized spacial score (nSPS) is 11.8. The fourth-order valence-electron chi connectivity index (χ4n) is 0.715. The third-order valence-electron chi connectivity index (χ3n) is 1.30. The van der Waals surface area contributed by atoms with Gasteiger partial charge in [0.05, 0.1) is 12.0 Å². The van der Waals surface area contributed by atoms with Crippen LogP contribution in [0.3, 0.4) is 0 Å². The van der Waals surface area contributed by atoms with Crippen molar-refractivity contribution >= 4 is 5.97 Å². The van der Waals surface area contributed by atoms with E-state index in [2.05, 4.69) is 9.97 Å². The first-order valence-corrected chi connectivity index (χ1v) is 3.16. The van der Waals surface area contributed by atoms with E-state index in [1.807, 2.05) is 0 Å². The molecule has 4 N–H and O–H groups in total. The van der Waals surface area contributed by atoms with Gasteiger partial charge in [0, 0.05) is 29.7 Å². The fourth-order valence-corrected chi connectivity index (χ4v) is 0.715. The number of nitrogens with zero attached hydrogens (tertiary/aromatic N) is 1. The first-order chi connectivity index (χ1) is 5.20. The van der Waals surface area contributed by atoms with Crippen molar-refractivity contribution in [3.63, 3.8) is 0 Å². The molecule has 1 rings (SSSR count). The average molecular weight is 211 g/mol. The molecule has 6 heteroatoms. The number of H-pyrrole nitrogens is 1. The van der Waals surface area contributed by atoms with Crippen molar-refractivity contribution < 1.29 is 27.0 Å². The Kier molecular flexibility index (Phi) is 4.58. The van der Waals surface area contributed by atoms with Crippen molar-refractivity contribution in [2.24, 2.45) is 5.73 Å². The molecular formula is C6H9FeN3O2. The minimum absolute atomic E-state index is 0. The maximum atomic E-state index is 10.3. The second-order valence-electron chi connectivity index (χ2n) is 2.21. The summed E-state index contributed by atoms with van der Waals surface area (Å²) in [6, 6.07) is -0.863. The van der Waals surface area contributed by atoms with Crippen molar-refractivity contribution in [2.45, 2.75) is 12.5 Å². The Morgan fingerprint density at radius 3 is 2.92 bits per heavy atom. The zero-order chi connectivity index (χ0) is 8.27. The summed E-state index contributed by atoms with van der Waals surface area (Å²) in [5, 5.41) is 8.42. The molecule has 68 valence electrons. The Labute approximate surface area is 79.8 Å². The number of carboxylic acid groups (broad SMARTS) is 1. The number of carbonyl (C=O) groups is 1. The van der Waals surface area contributed by atoms with Crippen LogP contribution in [-0.4, -0.2) is 27.1 Å². The van der Waals surface area contributed by atoms with E-state index >= 15 is 0 Å². The SMILES string of the molecule is NC(Cc1c[nH]cn1)C(=O)O.[Fe]. The average Bonchev–Trinajstić information content (AvgIpc) is 2.39. The Bertz CT molecular complexity index is 237. The first kappa shape index (κ1) is 11.2. The first-order valence-electron chi connectivity index (χ1n) is 3.16. The van der Waals surface area contributed by atoms with E-state index in [1.54, 1.807) is 6.20 Å². The number of hydrogen-bond acceptors (Lipinski definition) is 3. The van der Waals surface area contributed by atoms with Gasteiger partial charge in [0.15, 0.2) is 0 Å². The molecule has 0 fully saturated rings. The van der Waals surface area contributed by atoms with Gasteiger partial charge in [-0.2, -0.15) is 0 Å². The van der Waals surface area contributed by atoms with Crippen LogP contribution < -0.4 is 5.73 Å². The summed E-state index contributed by atoms with van der Waals surface area (Å²) in [5.41, 5.74) is 5.92. The van der Waals surface area contributed by atoms with Crippen LogP contribution in [0.25, 0.3) is 0 Å². The maximum absolute atomic E-state index is 10.3. The van der Waals surface area contributed by atoms with Gasteiger partial charge >= 0.3 is 5.97 Å². The summed E-state index contributed by atoms with van der Waals surface area (Å²) in [6.07, 6.45) is 3.38. The summed E-state index contributed by atoms with van der Waals surface area (Å²) in [6.45, 7) is 0. The Morgan fingerprint density at radius 1 is 1.83 bits per heavy atom. The predicted octanol–water partition coefficient (Wildman–Crippen LogP) is -0.638. The third kappa shape index (κ3) is 3.04. The van der Waals surface area contributed by atoms with Crippen LogP contribution in [0.15, 0.2) is 12.5 Å². The number of nitrogens with two attached hydrogens (primary N) is 1. The van der Waals surface area contributed by atoms with Crippen LogP contribution in [-0.2, 0) is 28.3 Å². The number of aliphatic carboxylic acids is 1. The van der Waals surface area contributed by atoms with Gasteiger partial charge in [-0.1, -0.05) is 0 Å². The maximum Gasteiger partial charge on any atom is 0.320 e. The molecule has 0 radical (unpaired) electrons. The van der Waals surface area contributed by atoms with Gasteiger partial charge in [-0.3, -0.25) is 4.79 Å². The standard InChI is InChI=1S/C6H9N3O2.Fe/c7-5(6(10)11)1-4-2-8-3-9-4;/h2-3,5H,1,7H2,(H,8,9)(H,10,11);. The van der Waals surface area contributed by atoms with Crippen LogP contribution in [0, 0.1) is 0 Å². The molecule has 0 aliphatic heterocycles. The molecule has 0 saturated heterocycles. The summed E-state index contributed by atoms with van der Waals surface area (Å²) in [4.78, 5) is 16.8. The number of aromatic nitrogens is 2. The van der Waals surface area contributed by atoms with Gasteiger partial charge in [-0.05, 0) is 0 Å². The van der Waals surface area contributed by atoms with Crippen LogP contribution in [0.2, 0.25) is 0 Å². The van der Waals surface area contributed by atoms with Crippen LogP contribution >= 0.6 is 0 Å². The molecule has 0 saturated carbocycles. The summed E-state index contributed by atoms with van der Waals surface area (Å²) < 4.78 is 0. The van der Waals surface area contributed by atoms with Crippen LogP contribution in [0.4, 0.5) is 0 Å². The molecule has 1 unspecified atom stereocenters. The van der Waals surface area contributed by atoms with Crippen molar-refractivity contribution in [3.05, 3.63) is 18.2 Å². The third-order valence-corrected chi connectivity index (χ3v) is 1.30. The minimum Gasteiger partial charge on any atom is -0.480 e. The zero-order valence-corrected chi connectivity index (χ0v) is 7.28. The molecule has 1 aromatic heterocycles. The van der Waals surface area contributed by atoms with Gasteiger partial charge in [-0.25, -0.2) is 4.98 Å². The molecule has 5 nitrogen and oxygen atoms in total. The van der Waals surface area contributed by atoms with E-state index in [9.17, 15) is 4.79 Å². The summed E-state index contributed by atoms with van der Waals surface area (Å²) in [5.74, 6) is -1.01. The topological polar surface area (TPSA) is 92.0 Å². The molecule has 0 amide bonds. The largest absolute Gasteiger partial charge is 0.480 e. The number of hydrogen-bond donors (Lipinski definition) is 3. The molecule has 1 aromatic rings. The molecule has 0 aliphatic carbocycles. The Balaban J connectivity index is 0.00000121. The molecular weight excluding hydrogens is 202 g/mol. The fraction of sp³-hybridized carbons (Fsp3) is 0.333. The number of nitrogens with one attached hydrogen (secondary N) is 1. The van der Waals surface area contributed by atoms with E-state index in [1.165, 1.54) is 6.33 Å². The molecule has 0 spiro atoms. The second kappa shape index (κ2) is 4.92. The summed E-state index contributed by atoms with van der Waals surface area (Å²) >= 11 is 0. The molecule has 0 aliphatic rings. The minimum atomic E-state index is -1.01. The van der Waals surface area contributed by atoms with Gasteiger partial charge in [0.2, 0.25) is 0 Å². The van der Waals surface area contributed by atoms with Crippen LogP contribution in [0.1, 0.15) is 5.69 Å². The van der Waals surface area contributed by atoms with Crippen molar-refractivity contribution in [1.82, 2.24) is 9.97 Å². The van der Waals surface area contributed by atoms with Crippen LogP contribution in [0.5, 0.6) is 0 Å². The summed E-state index contributed by atoms with van der Waals surface area (Å²) in [7, 11) is 0. The van der Waals surface area contributed by atoms with E-state index in [0.29, 0.717) is 5.69 Å². The molecule has 12 heavy (non-hydrogen) atoms. The van der Waals surface area contributed by atoms with E-state index < -0.39 is 12.0 Å². The van der Waals surface area contributed by atoms with Crippen molar-refractivity contribution in [3.8, 4) is 0 Å². The van der Waals surface area contributed by atoms with Gasteiger partial charge in [0.1, 0.15) is 6.04 Å². The molecule has 0 bridgehead atoms. The number of aromatic amines is 1. The van der Waals surface area contributed by atoms with Gasteiger partial charge in [0.25, 0.3) is 0 Å². The monoisotopic (exact) mass is 211 g/mol. The second-order valence-corrected chi connectivity index (χ2v) is 2.21. The molecule has 0 aromatic carbocycles.